The second-order valence-electron chi connectivity index (χ2n) is 5.66. The third-order valence-electron chi connectivity index (χ3n) is 4.22. The second-order valence-corrected chi connectivity index (χ2v) is 6.51. The molecular formula is C15H23BrCl2N2O. The van der Waals surface area contributed by atoms with E-state index in [1.807, 2.05) is 12.1 Å². The van der Waals surface area contributed by atoms with Gasteiger partial charge in [-0.1, -0.05) is 25.0 Å². The SMILES string of the molecule is Cl.Cl.Oc1c(Br)cccc1[C@H](CC1CC1)N1CCNCC1. The Bertz CT molecular complexity index is 451. The second kappa shape index (κ2) is 8.59. The Labute approximate surface area is 147 Å². The van der Waals surface area contributed by atoms with Crippen LogP contribution in [0.2, 0.25) is 0 Å². The minimum Gasteiger partial charge on any atom is -0.506 e. The molecule has 0 radical (unpaired) electrons. The first-order valence-corrected chi connectivity index (χ1v) is 7.97. The van der Waals surface area contributed by atoms with Crippen molar-refractivity contribution in [1.82, 2.24) is 10.2 Å². The lowest BCUT2D eigenvalue weighted by Gasteiger charge is -2.35. The molecule has 21 heavy (non-hydrogen) atoms. The average molecular weight is 398 g/mol. The summed E-state index contributed by atoms with van der Waals surface area (Å²) in [5.74, 6) is 1.28. The van der Waals surface area contributed by atoms with Crippen molar-refractivity contribution in [3.8, 4) is 5.75 Å². The highest BCUT2D eigenvalue weighted by atomic mass is 79.9. The number of nitrogens with one attached hydrogen (secondary N) is 1. The fourth-order valence-electron chi connectivity index (χ4n) is 2.94. The van der Waals surface area contributed by atoms with Gasteiger partial charge in [-0.25, -0.2) is 0 Å². The van der Waals surface area contributed by atoms with Crippen LogP contribution in [0.1, 0.15) is 30.9 Å². The molecule has 1 aliphatic heterocycles. The monoisotopic (exact) mass is 396 g/mol. The molecular weight excluding hydrogens is 375 g/mol. The zero-order valence-corrected chi connectivity index (χ0v) is 15.1. The normalized spacial score (nSPS) is 20.2. The lowest BCUT2D eigenvalue weighted by Crippen LogP contribution is -2.45. The highest BCUT2D eigenvalue weighted by Crippen LogP contribution is 2.43. The van der Waals surface area contributed by atoms with Gasteiger partial charge in [-0.15, -0.1) is 24.8 Å². The van der Waals surface area contributed by atoms with Gasteiger partial charge >= 0.3 is 0 Å². The summed E-state index contributed by atoms with van der Waals surface area (Å²) in [6.07, 6.45) is 3.90. The molecule has 120 valence electrons. The third-order valence-corrected chi connectivity index (χ3v) is 4.86. The minimum atomic E-state index is 0. The lowest BCUT2D eigenvalue weighted by molar-refractivity contribution is 0.158. The predicted molar refractivity (Wildman–Crippen MR) is 94.8 cm³/mol. The van der Waals surface area contributed by atoms with Crippen LogP contribution < -0.4 is 5.32 Å². The molecule has 1 saturated heterocycles. The van der Waals surface area contributed by atoms with E-state index in [1.54, 1.807) is 0 Å². The van der Waals surface area contributed by atoms with Crippen LogP contribution in [0.4, 0.5) is 0 Å². The van der Waals surface area contributed by atoms with Crippen molar-refractivity contribution in [2.24, 2.45) is 5.92 Å². The number of phenolic OH excluding ortho intramolecular Hbond substituents is 1. The number of rotatable bonds is 4. The Hall–Kier alpha value is -0.000000000000000153. The maximum Gasteiger partial charge on any atom is 0.134 e. The van der Waals surface area contributed by atoms with Crippen LogP contribution in [0, 0.1) is 5.92 Å². The van der Waals surface area contributed by atoms with Crippen LogP contribution in [-0.2, 0) is 0 Å². The molecule has 1 heterocycles. The van der Waals surface area contributed by atoms with Crippen molar-refractivity contribution < 1.29 is 5.11 Å². The van der Waals surface area contributed by atoms with E-state index < -0.39 is 0 Å². The van der Waals surface area contributed by atoms with Crippen molar-refractivity contribution in [1.29, 1.82) is 0 Å². The summed E-state index contributed by atoms with van der Waals surface area (Å²) >= 11 is 3.44. The van der Waals surface area contributed by atoms with E-state index in [1.165, 1.54) is 19.3 Å². The van der Waals surface area contributed by atoms with E-state index >= 15 is 0 Å². The highest BCUT2D eigenvalue weighted by Gasteiger charge is 2.31. The van der Waals surface area contributed by atoms with E-state index in [9.17, 15) is 5.11 Å². The molecule has 1 atom stereocenters. The van der Waals surface area contributed by atoms with Crippen molar-refractivity contribution in [2.45, 2.75) is 25.3 Å². The van der Waals surface area contributed by atoms with E-state index in [0.29, 0.717) is 11.8 Å². The van der Waals surface area contributed by atoms with Gasteiger partial charge in [0, 0.05) is 37.8 Å². The highest BCUT2D eigenvalue weighted by molar-refractivity contribution is 9.10. The van der Waals surface area contributed by atoms with Crippen LogP contribution in [0.5, 0.6) is 5.75 Å². The molecule has 0 amide bonds. The number of phenols is 1. The Morgan fingerprint density at radius 2 is 1.90 bits per heavy atom. The van der Waals surface area contributed by atoms with Gasteiger partial charge in [0.25, 0.3) is 0 Å². The molecule has 0 aromatic heterocycles. The van der Waals surface area contributed by atoms with Crippen LogP contribution in [0.3, 0.4) is 0 Å². The Kier molecular flexibility index (Phi) is 7.79. The van der Waals surface area contributed by atoms with Gasteiger partial charge in [0.15, 0.2) is 0 Å². The molecule has 1 aromatic carbocycles. The smallest absolute Gasteiger partial charge is 0.134 e. The van der Waals surface area contributed by atoms with E-state index in [0.717, 1.165) is 42.1 Å². The van der Waals surface area contributed by atoms with Gasteiger partial charge in [-0.05, 0) is 34.3 Å². The molecule has 0 bridgehead atoms. The lowest BCUT2D eigenvalue weighted by atomic mass is 9.98. The number of benzene rings is 1. The first-order chi connectivity index (χ1) is 9.25. The average Bonchev–Trinajstić information content (AvgIpc) is 3.25. The molecule has 1 aromatic rings. The third kappa shape index (κ3) is 4.73. The van der Waals surface area contributed by atoms with E-state index in [2.05, 4.69) is 32.2 Å². The summed E-state index contributed by atoms with van der Waals surface area (Å²) in [6.45, 7) is 4.25. The van der Waals surface area contributed by atoms with Crippen molar-refractivity contribution in [2.75, 3.05) is 26.2 Å². The Morgan fingerprint density at radius 3 is 2.52 bits per heavy atom. The largest absolute Gasteiger partial charge is 0.506 e. The molecule has 2 aliphatic rings. The van der Waals surface area contributed by atoms with Crippen LogP contribution in [-0.4, -0.2) is 36.2 Å². The number of halogens is 3. The van der Waals surface area contributed by atoms with Gasteiger partial charge in [-0.3, -0.25) is 4.90 Å². The number of hydrogen-bond acceptors (Lipinski definition) is 3. The summed E-state index contributed by atoms with van der Waals surface area (Å²) in [5.41, 5.74) is 1.09. The van der Waals surface area contributed by atoms with Gasteiger partial charge in [0.05, 0.1) is 4.47 Å². The molecule has 3 nitrogen and oxygen atoms in total. The van der Waals surface area contributed by atoms with Crippen molar-refractivity contribution in [3.05, 3.63) is 28.2 Å². The maximum absolute atomic E-state index is 10.3. The number of hydrogen-bond donors (Lipinski definition) is 2. The van der Waals surface area contributed by atoms with Crippen molar-refractivity contribution in [3.63, 3.8) is 0 Å². The Balaban J connectivity index is 0.00000110. The molecule has 1 aliphatic carbocycles. The molecule has 0 spiro atoms. The summed E-state index contributed by atoms with van der Waals surface area (Å²) in [4.78, 5) is 2.52. The van der Waals surface area contributed by atoms with Gasteiger partial charge in [-0.2, -0.15) is 0 Å². The standard InChI is InChI=1S/C15H21BrN2O.2ClH/c16-13-3-1-2-12(15(13)19)14(10-11-4-5-11)18-8-6-17-7-9-18;;/h1-3,11,14,17,19H,4-10H2;2*1H/t14-;;/m0../s1. The fraction of sp³-hybridized carbons (Fsp3) is 0.600. The van der Waals surface area contributed by atoms with Gasteiger partial charge < -0.3 is 10.4 Å². The number of para-hydroxylation sites is 1. The summed E-state index contributed by atoms with van der Waals surface area (Å²) in [6, 6.07) is 6.38. The summed E-state index contributed by atoms with van der Waals surface area (Å²) in [7, 11) is 0. The number of piperazine rings is 1. The quantitative estimate of drug-likeness (QED) is 0.812. The predicted octanol–water partition coefficient (Wildman–Crippen LogP) is 3.74. The molecule has 6 heteroatoms. The van der Waals surface area contributed by atoms with Crippen LogP contribution >= 0.6 is 40.7 Å². The molecule has 2 N–H and O–H groups in total. The van der Waals surface area contributed by atoms with Crippen LogP contribution in [0.15, 0.2) is 22.7 Å². The molecule has 3 rings (SSSR count). The van der Waals surface area contributed by atoms with Crippen molar-refractivity contribution >= 4 is 40.7 Å². The first kappa shape index (κ1) is 19.0. The topological polar surface area (TPSA) is 35.5 Å². The molecule has 0 unspecified atom stereocenters. The summed E-state index contributed by atoms with van der Waals surface area (Å²) < 4.78 is 0.806. The molecule has 2 fully saturated rings. The van der Waals surface area contributed by atoms with E-state index in [4.69, 9.17) is 0 Å². The van der Waals surface area contributed by atoms with Gasteiger partial charge in [0.1, 0.15) is 5.75 Å². The fourth-order valence-corrected chi connectivity index (χ4v) is 3.32. The zero-order valence-electron chi connectivity index (χ0n) is 11.9. The molecule has 1 saturated carbocycles. The number of nitrogens with zero attached hydrogens (tertiary/aromatic N) is 1. The summed E-state index contributed by atoms with van der Waals surface area (Å²) in [5, 5.41) is 13.7. The minimum absolute atomic E-state index is 0. The Morgan fingerprint density at radius 1 is 1.24 bits per heavy atom. The maximum atomic E-state index is 10.3. The van der Waals surface area contributed by atoms with Gasteiger partial charge in [0.2, 0.25) is 0 Å². The number of aromatic hydroxyl groups is 1. The van der Waals surface area contributed by atoms with Crippen LogP contribution in [0.25, 0.3) is 0 Å². The zero-order chi connectivity index (χ0) is 13.2. The van der Waals surface area contributed by atoms with E-state index in [-0.39, 0.29) is 24.8 Å². The first-order valence-electron chi connectivity index (χ1n) is 7.18.